The molecule has 0 bridgehead atoms. The molecule has 1 amide bonds. The van der Waals surface area contributed by atoms with E-state index in [1.54, 1.807) is 60.7 Å². The zero-order valence-electron chi connectivity index (χ0n) is 17.0. The third-order valence-electron chi connectivity index (χ3n) is 5.64. The molecule has 170 valence electrons. The molecule has 0 aromatic heterocycles. The van der Waals surface area contributed by atoms with Gasteiger partial charge in [-0.25, -0.2) is 10.1 Å². The average molecular weight is 449 g/mol. The van der Waals surface area contributed by atoms with Crippen molar-refractivity contribution < 1.29 is 32.2 Å². The van der Waals surface area contributed by atoms with Gasteiger partial charge in [0.25, 0.3) is 5.91 Å². The number of nitrogens with two attached hydrogens (primary N) is 1. The number of carbonyl (C=O) groups excluding carboxylic acids is 2. The molecule has 4 rings (SSSR count). The highest BCUT2D eigenvalue weighted by Crippen LogP contribution is 2.41. The van der Waals surface area contributed by atoms with Gasteiger partial charge in [-0.1, -0.05) is 60.7 Å². The van der Waals surface area contributed by atoms with E-state index in [1.807, 2.05) is 0 Å². The van der Waals surface area contributed by atoms with E-state index in [1.165, 1.54) is 0 Å². The fraction of sp³-hybridized carbons (Fsp3) is 0.364. The molecule has 0 aliphatic carbocycles. The molecule has 0 spiro atoms. The van der Waals surface area contributed by atoms with Crippen molar-refractivity contribution in [1.29, 1.82) is 0 Å². The molecule has 2 aromatic carbocycles. The van der Waals surface area contributed by atoms with Crippen LogP contribution in [0.3, 0.4) is 0 Å². The number of rotatable bonds is 5. The molecule has 2 aromatic rings. The van der Waals surface area contributed by atoms with Crippen LogP contribution in [-0.2, 0) is 24.6 Å². The number of hydrogen-bond donors (Lipinski definition) is 2. The standard InChI is InChI=1S/C22H22F3N3O4/c23-21(24,25)19(30)32-22(26)27-20(15-8-3-1-4-9-15,16-10-5-2-6-11-16)18(29)28(22)14-17-12-7-13-31-17/h1-6,8-11,17,27H,7,12-14,26H2. The lowest BCUT2D eigenvalue weighted by molar-refractivity contribution is -0.231. The SMILES string of the molecule is NC1(OC(=O)C(F)(F)F)NC(c2ccccc2)(c2ccccc2)C(=O)N1CC1CCCO1. The summed E-state index contributed by atoms with van der Waals surface area (Å²) in [7, 11) is 0. The van der Waals surface area contributed by atoms with Crippen molar-refractivity contribution in [3.63, 3.8) is 0 Å². The molecular weight excluding hydrogens is 427 g/mol. The van der Waals surface area contributed by atoms with Crippen LogP contribution in [0.5, 0.6) is 0 Å². The Kier molecular flexibility index (Phi) is 5.70. The van der Waals surface area contributed by atoms with Crippen LogP contribution in [0.25, 0.3) is 0 Å². The van der Waals surface area contributed by atoms with Crippen molar-refractivity contribution in [2.75, 3.05) is 13.2 Å². The Morgan fingerprint density at radius 3 is 2.16 bits per heavy atom. The Bertz CT molecular complexity index is 941. The number of nitrogens with zero attached hydrogens (tertiary/aromatic N) is 1. The molecule has 3 N–H and O–H groups in total. The maximum atomic E-state index is 13.9. The minimum absolute atomic E-state index is 0.144. The summed E-state index contributed by atoms with van der Waals surface area (Å²) in [4.78, 5) is 26.6. The number of hydrogen-bond acceptors (Lipinski definition) is 6. The normalized spacial score (nSPS) is 25.2. The van der Waals surface area contributed by atoms with E-state index in [2.05, 4.69) is 5.32 Å². The highest BCUT2D eigenvalue weighted by Gasteiger charge is 2.63. The lowest BCUT2D eigenvalue weighted by Crippen LogP contribution is -2.65. The van der Waals surface area contributed by atoms with Crippen LogP contribution in [0, 0.1) is 0 Å². The van der Waals surface area contributed by atoms with E-state index in [-0.39, 0.29) is 6.54 Å². The topological polar surface area (TPSA) is 93.9 Å². The Labute approximate surface area is 182 Å². The average Bonchev–Trinajstić information content (AvgIpc) is 3.36. The van der Waals surface area contributed by atoms with Crippen LogP contribution in [0.15, 0.2) is 60.7 Å². The number of ether oxygens (including phenoxy) is 2. The first-order chi connectivity index (χ1) is 15.2. The van der Waals surface area contributed by atoms with Gasteiger partial charge in [0.1, 0.15) is 0 Å². The summed E-state index contributed by atoms with van der Waals surface area (Å²) in [6.07, 6.45) is -4.41. The summed E-state index contributed by atoms with van der Waals surface area (Å²) in [5.74, 6) is -5.71. The summed E-state index contributed by atoms with van der Waals surface area (Å²) in [5.41, 5.74) is 5.40. The molecule has 2 aliphatic rings. The van der Waals surface area contributed by atoms with Crippen LogP contribution in [-0.4, -0.2) is 48.2 Å². The van der Waals surface area contributed by atoms with Crippen molar-refractivity contribution >= 4 is 11.9 Å². The number of esters is 1. The zero-order valence-corrected chi connectivity index (χ0v) is 17.0. The molecule has 32 heavy (non-hydrogen) atoms. The number of halogens is 3. The number of nitrogens with one attached hydrogen (secondary N) is 1. The van der Waals surface area contributed by atoms with E-state index in [0.717, 1.165) is 11.3 Å². The summed E-state index contributed by atoms with van der Waals surface area (Å²) in [6.45, 7) is 0.317. The fourth-order valence-electron chi connectivity index (χ4n) is 4.17. The van der Waals surface area contributed by atoms with Gasteiger partial charge in [0.15, 0.2) is 5.54 Å². The van der Waals surface area contributed by atoms with Crippen LogP contribution in [0.2, 0.25) is 0 Å². The molecule has 0 radical (unpaired) electrons. The van der Waals surface area contributed by atoms with Gasteiger partial charge < -0.3 is 9.47 Å². The largest absolute Gasteiger partial charge is 0.491 e. The van der Waals surface area contributed by atoms with Crippen molar-refractivity contribution in [3.8, 4) is 0 Å². The number of carbonyl (C=O) groups is 2. The quantitative estimate of drug-likeness (QED) is 0.537. The van der Waals surface area contributed by atoms with Gasteiger partial charge in [-0.3, -0.25) is 15.4 Å². The lowest BCUT2D eigenvalue weighted by Gasteiger charge is -2.34. The molecule has 2 atom stereocenters. The van der Waals surface area contributed by atoms with E-state index in [0.29, 0.717) is 24.2 Å². The second-order valence-corrected chi connectivity index (χ2v) is 7.74. The summed E-state index contributed by atoms with van der Waals surface area (Å²) in [6, 6.07) is 16.9. The summed E-state index contributed by atoms with van der Waals surface area (Å²) in [5, 5.41) is 2.75. The van der Waals surface area contributed by atoms with E-state index in [9.17, 15) is 22.8 Å². The monoisotopic (exact) mass is 449 g/mol. The van der Waals surface area contributed by atoms with Gasteiger partial charge in [-0.2, -0.15) is 13.2 Å². The minimum atomic E-state index is -5.29. The minimum Gasteiger partial charge on any atom is -0.404 e. The molecule has 2 unspecified atom stereocenters. The fourth-order valence-corrected chi connectivity index (χ4v) is 4.17. The molecule has 2 aliphatic heterocycles. The van der Waals surface area contributed by atoms with Crippen molar-refractivity contribution in [2.24, 2.45) is 5.73 Å². The molecule has 2 heterocycles. The van der Waals surface area contributed by atoms with Crippen molar-refractivity contribution in [1.82, 2.24) is 10.2 Å². The third kappa shape index (κ3) is 3.85. The zero-order chi connectivity index (χ0) is 23.0. The van der Waals surface area contributed by atoms with Crippen molar-refractivity contribution in [3.05, 3.63) is 71.8 Å². The van der Waals surface area contributed by atoms with Gasteiger partial charge >= 0.3 is 18.1 Å². The van der Waals surface area contributed by atoms with Gasteiger partial charge in [0, 0.05) is 6.61 Å². The molecule has 7 nitrogen and oxygen atoms in total. The van der Waals surface area contributed by atoms with Crippen LogP contribution in [0.4, 0.5) is 13.2 Å². The number of benzene rings is 2. The lowest BCUT2D eigenvalue weighted by atomic mass is 9.82. The number of alkyl halides is 3. The molecular formula is C22H22F3N3O4. The van der Waals surface area contributed by atoms with Gasteiger partial charge in [-0.05, 0) is 24.0 Å². The molecule has 10 heteroatoms. The third-order valence-corrected chi connectivity index (χ3v) is 5.64. The van der Waals surface area contributed by atoms with Crippen LogP contribution in [0.1, 0.15) is 24.0 Å². The number of amides is 1. The summed E-state index contributed by atoms with van der Waals surface area (Å²) < 4.78 is 49.4. The predicted molar refractivity (Wildman–Crippen MR) is 107 cm³/mol. The van der Waals surface area contributed by atoms with E-state index in [4.69, 9.17) is 15.2 Å². The first-order valence-electron chi connectivity index (χ1n) is 10.1. The smallest absolute Gasteiger partial charge is 0.404 e. The Morgan fingerprint density at radius 2 is 1.69 bits per heavy atom. The first kappa shape index (κ1) is 22.3. The summed E-state index contributed by atoms with van der Waals surface area (Å²) >= 11 is 0. The maximum absolute atomic E-state index is 13.9. The second-order valence-electron chi connectivity index (χ2n) is 7.74. The maximum Gasteiger partial charge on any atom is 0.491 e. The van der Waals surface area contributed by atoms with Gasteiger partial charge in [0.05, 0.1) is 12.6 Å². The Morgan fingerprint density at radius 1 is 1.12 bits per heavy atom. The van der Waals surface area contributed by atoms with E-state index >= 15 is 0 Å². The van der Waals surface area contributed by atoms with Crippen LogP contribution < -0.4 is 11.1 Å². The van der Waals surface area contributed by atoms with E-state index < -0.39 is 35.7 Å². The van der Waals surface area contributed by atoms with Gasteiger partial charge in [-0.15, -0.1) is 0 Å². The molecule has 0 saturated carbocycles. The van der Waals surface area contributed by atoms with Gasteiger partial charge in [0.2, 0.25) is 0 Å². The second kappa shape index (κ2) is 8.19. The van der Waals surface area contributed by atoms with Crippen LogP contribution >= 0.6 is 0 Å². The molecule has 2 saturated heterocycles. The Balaban J connectivity index is 1.84. The highest BCUT2D eigenvalue weighted by molar-refractivity contribution is 5.94. The van der Waals surface area contributed by atoms with Crippen molar-refractivity contribution in [2.45, 2.75) is 36.6 Å². The molecule has 2 fully saturated rings. The first-order valence-corrected chi connectivity index (χ1v) is 10.1. The predicted octanol–water partition coefficient (Wildman–Crippen LogP) is 2.22. The Hall–Kier alpha value is -2.95. The highest BCUT2D eigenvalue weighted by atomic mass is 19.4.